The number of para-hydroxylation sites is 1. The first-order chi connectivity index (χ1) is 11.3. The van der Waals surface area contributed by atoms with E-state index in [1.165, 1.54) is 6.08 Å². The van der Waals surface area contributed by atoms with Crippen molar-refractivity contribution in [3.63, 3.8) is 0 Å². The Hall–Kier alpha value is -3.38. The molecule has 3 heteroatoms. The summed E-state index contributed by atoms with van der Waals surface area (Å²) >= 11 is 0. The van der Waals surface area contributed by atoms with Crippen molar-refractivity contribution in [2.75, 3.05) is 5.32 Å². The lowest BCUT2D eigenvalue weighted by atomic mass is 10.1. The van der Waals surface area contributed by atoms with Gasteiger partial charge in [-0.25, -0.2) is 0 Å². The van der Waals surface area contributed by atoms with Crippen LogP contribution in [0.2, 0.25) is 0 Å². The number of nitrogens with zero attached hydrogens (tertiary/aromatic N) is 1. The number of rotatable bonds is 3. The summed E-state index contributed by atoms with van der Waals surface area (Å²) in [6.45, 7) is 0. The number of hydrogen-bond donors (Lipinski definition) is 1. The van der Waals surface area contributed by atoms with Gasteiger partial charge in [0.1, 0.15) is 0 Å². The van der Waals surface area contributed by atoms with E-state index in [0.717, 1.165) is 22.0 Å². The lowest BCUT2D eigenvalue weighted by Crippen LogP contribution is -2.07. The van der Waals surface area contributed by atoms with Crippen molar-refractivity contribution in [1.82, 2.24) is 4.98 Å². The van der Waals surface area contributed by atoms with Crippen LogP contribution in [0.4, 0.5) is 5.69 Å². The van der Waals surface area contributed by atoms with E-state index in [2.05, 4.69) is 16.2 Å². The maximum absolute atomic E-state index is 12.1. The first-order valence-corrected chi connectivity index (χ1v) is 7.16. The van der Waals surface area contributed by atoms with Gasteiger partial charge in [-0.05, 0) is 30.3 Å². The normalized spacial score (nSPS) is 10.6. The summed E-state index contributed by atoms with van der Waals surface area (Å²) in [5.74, 6) is 2.33. The number of anilines is 1. The number of nitrogens with one attached hydrogen (secondary N) is 1. The van der Waals surface area contributed by atoms with Crippen LogP contribution in [0.15, 0.2) is 66.9 Å². The Balaban J connectivity index is 1.79. The second kappa shape index (κ2) is 6.59. The number of hydrogen-bond acceptors (Lipinski definition) is 2. The van der Waals surface area contributed by atoms with Crippen molar-refractivity contribution in [3.8, 4) is 12.3 Å². The van der Waals surface area contributed by atoms with E-state index in [-0.39, 0.29) is 5.91 Å². The molecule has 0 radical (unpaired) electrons. The maximum atomic E-state index is 12.1. The van der Waals surface area contributed by atoms with Gasteiger partial charge < -0.3 is 5.32 Å². The summed E-state index contributed by atoms with van der Waals surface area (Å²) in [7, 11) is 0. The molecule has 0 aliphatic rings. The molecular weight excluding hydrogens is 284 g/mol. The standard InChI is InChI=1S/C20H14N2O/c1-2-15-6-3-10-18(14-15)22-19(23)12-11-17-8-4-7-16-9-5-13-21-20(16)17/h1,3-14H,(H,22,23)/b12-11+. The van der Waals surface area contributed by atoms with E-state index in [1.54, 1.807) is 24.4 Å². The largest absolute Gasteiger partial charge is 0.322 e. The van der Waals surface area contributed by atoms with Crippen LogP contribution in [0.3, 0.4) is 0 Å². The Morgan fingerprint density at radius 2 is 1.96 bits per heavy atom. The van der Waals surface area contributed by atoms with Crippen molar-refractivity contribution in [2.24, 2.45) is 0 Å². The van der Waals surface area contributed by atoms with E-state index in [4.69, 9.17) is 6.42 Å². The van der Waals surface area contributed by atoms with Crippen molar-refractivity contribution >= 4 is 28.6 Å². The molecule has 0 saturated heterocycles. The number of carbonyl (C=O) groups excluding carboxylic acids is 1. The first kappa shape index (κ1) is 14.6. The minimum atomic E-state index is -0.216. The molecule has 0 aliphatic heterocycles. The number of amides is 1. The van der Waals surface area contributed by atoms with Gasteiger partial charge in [0.25, 0.3) is 0 Å². The molecule has 3 aromatic rings. The molecule has 0 aliphatic carbocycles. The molecule has 0 spiro atoms. The van der Waals surface area contributed by atoms with E-state index in [0.29, 0.717) is 5.69 Å². The smallest absolute Gasteiger partial charge is 0.248 e. The Bertz CT molecular complexity index is 930. The quantitative estimate of drug-likeness (QED) is 0.589. The van der Waals surface area contributed by atoms with Gasteiger partial charge in [-0.2, -0.15) is 0 Å². The van der Waals surface area contributed by atoms with Gasteiger partial charge in [-0.15, -0.1) is 6.42 Å². The van der Waals surface area contributed by atoms with Crippen LogP contribution in [0.25, 0.3) is 17.0 Å². The SMILES string of the molecule is C#Cc1cccc(NC(=O)/C=C/c2cccc3cccnc23)c1. The Labute approximate surface area is 134 Å². The average molecular weight is 298 g/mol. The number of aromatic nitrogens is 1. The summed E-state index contributed by atoms with van der Waals surface area (Å²) in [5.41, 5.74) is 3.17. The Morgan fingerprint density at radius 1 is 1.13 bits per heavy atom. The number of carbonyl (C=O) groups is 1. The molecule has 23 heavy (non-hydrogen) atoms. The highest BCUT2D eigenvalue weighted by atomic mass is 16.1. The highest BCUT2D eigenvalue weighted by molar-refractivity contribution is 6.03. The second-order valence-corrected chi connectivity index (χ2v) is 4.97. The van der Waals surface area contributed by atoms with Crippen LogP contribution in [-0.2, 0) is 4.79 Å². The molecule has 0 fully saturated rings. The molecule has 2 aromatic carbocycles. The highest BCUT2D eigenvalue weighted by Crippen LogP contribution is 2.17. The van der Waals surface area contributed by atoms with Crippen molar-refractivity contribution in [2.45, 2.75) is 0 Å². The third-order valence-electron chi connectivity index (χ3n) is 3.37. The zero-order valence-corrected chi connectivity index (χ0v) is 12.4. The highest BCUT2D eigenvalue weighted by Gasteiger charge is 2.01. The Kier molecular flexibility index (Phi) is 4.17. The minimum Gasteiger partial charge on any atom is -0.322 e. The minimum absolute atomic E-state index is 0.216. The van der Waals surface area contributed by atoms with Crippen LogP contribution in [0.1, 0.15) is 11.1 Å². The van der Waals surface area contributed by atoms with Crippen LogP contribution >= 0.6 is 0 Å². The van der Waals surface area contributed by atoms with Gasteiger partial charge in [-0.1, -0.05) is 36.3 Å². The third-order valence-corrected chi connectivity index (χ3v) is 3.37. The van der Waals surface area contributed by atoms with Crippen molar-refractivity contribution < 1.29 is 4.79 Å². The molecule has 110 valence electrons. The second-order valence-electron chi connectivity index (χ2n) is 4.97. The van der Waals surface area contributed by atoms with E-state index >= 15 is 0 Å². The molecule has 0 unspecified atom stereocenters. The van der Waals surface area contributed by atoms with Gasteiger partial charge in [0.05, 0.1) is 5.52 Å². The summed E-state index contributed by atoms with van der Waals surface area (Å²) in [6.07, 6.45) is 10.3. The summed E-state index contributed by atoms with van der Waals surface area (Å²) in [6, 6.07) is 16.9. The topological polar surface area (TPSA) is 42.0 Å². The van der Waals surface area contributed by atoms with Gasteiger partial charge in [0.2, 0.25) is 5.91 Å². The third kappa shape index (κ3) is 3.45. The monoisotopic (exact) mass is 298 g/mol. The van der Waals surface area contributed by atoms with E-state index in [1.807, 2.05) is 42.5 Å². The summed E-state index contributed by atoms with van der Waals surface area (Å²) in [4.78, 5) is 16.4. The van der Waals surface area contributed by atoms with Crippen LogP contribution in [0.5, 0.6) is 0 Å². The number of benzene rings is 2. The molecule has 0 bridgehead atoms. The molecule has 3 nitrogen and oxygen atoms in total. The Morgan fingerprint density at radius 3 is 2.83 bits per heavy atom. The van der Waals surface area contributed by atoms with Crippen molar-refractivity contribution in [3.05, 3.63) is 78.0 Å². The van der Waals surface area contributed by atoms with Gasteiger partial charge in [0, 0.05) is 34.5 Å². The molecule has 1 heterocycles. The zero-order chi connectivity index (χ0) is 16.1. The number of fused-ring (bicyclic) bond motifs is 1. The fraction of sp³-hybridized carbons (Fsp3) is 0. The maximum Gasteiger partial charge on any atom is 0.248 e. The molecule has 1 amide bonds. The fourth-order valence-electron chi connectivity index (χ4n) is 2.30. The van der Waals surface area contributed by atoms with Crippen LogP contribution < -0.4 is 5.32 Å². The fourth-order valence-corrected chi connectivity index (χ4v) is 2.30. The lowest BCUT2D eigenvalue weighted by Gasteiger charge is -2.03. The predicted octanol–water partition coefficient (Wildman–Crippen LogP) is 3.87. The van der Waals surface area contributed by atoms with E-state index in [9.17, 15) is 4.79 Å². The van der Waals surface area contributed by atoms with Gasteiger partial charge in [0.15, 0.2) is 0 Å². The van der Waals surface area contributed by atoms with Crippen LogP contribution in [0, 0.1) is 12.3 Å². The van der Waals surface area contributed by atoms with Gasteiger partial charge in [-0.3, -0.25) is 9.78 Å². The zero-order valence-electron chi connectivity index (χ0n) is 12.4. The first-order valence-electron chi connectivity index (χ1n) is 7.16. The van der Waals surface area contributed by atoms with E-state index < -0.39 is 0 Å². The molecular formula is C20H14N2O. The number of pyridine rings is 1. The molecule has 3 rings (SSSR count). The lowest BCUT2D eigenvalue weighted by molar-refractivity contribution is -0.111. The average Bonchev–Trinajstić information content (AvgIpc) is 2.60. The molecule has 1 aromatic heterocycles. The summed E-state index contributed by atoms with van der Waals surface area (Å²) in [5, 5.41) is 3.83. The predicted molar refractivity (Wildman–Crippen MR) is 93.8 cm³/mol. The van der Waals surface area contributed by atoms with Crippen LogP contribution in [-0.4, -0.2) is 10.9 Å². The van der Waals surface area contributed by atoms with Gasteiger partial charge >= 0.3 is 0 Å². The summed E-state index contributed by atoms with van der Waals surface area (Å²) < 4.78 is 0. The van der Waals surface area contributed by atoms with Crippen molar-refractivity contribution in [1.29, 1.82) is 0 Å². The molecule has 0 saturated carbocycles. The number of terminal acetylenes is 1. The molecule has 1 N–H and O–H groups in total. The molecule has 0 atom stereocenters.